The van der Waals surface area contributed by atoms with Crippen LogP contribution < -0.4 is 0 Å². The fraction of sp³-hybridized carbons (Fsp3) is 0.667. The number of carbonyl (C=O) groups excluding carboxylic acids is 1. The summed E-state index contributed by atoms with van der Waals surface area (Å²) in [6.07, 6.45) is 2.35. The Bertz CT molecular complexity index is 351. The van der Waals surface area contributed by atoms with Crippen LogP contribution in [0.4, 0.5) is 0 Å². The van der Waals surface area contributed by atoms with Gasteiger partial charge in [-0.25, -0.2) is 4.68 Å². The van der Waals surface area contributed by atoms with E-state index < -0.39 is 0 Å². The minimum atomic E-state index is 0.100. The van der Waals surface area contributed by atoms with Crippen LogP contribution in [0.25, 0.3) is 0 Å². The van der Waals surface area contributed by atoms with Gasteiger partial charge in [0.05, 0.1) is 0 Å². The van der Waals surface area contributed by atoms with E-state index in [2.05, 4.69) is 26.2 Å². The molecule has 2 rings (SSSR count). The maximum absolute atomic E-state index is 12.0. The molecule has 1 aliphatic carbocycles. The number of ketones is 1. The van der Waals surface area contributed by atoms with E-state index in [1.54, 1.807) is 7.05 Å². The van der Waals surface area contributed by atoms with Crippen molar-refractivity contribution >= 4 is 21.7 Å². The summed E-state index contributed by atoms with van der Waals surface area (Å²) in [5.74, 6) is 0.819. The average Bonchev–Trinajstić information content (AvgIpc) is 2.92. The zero-order valence-corrected chi connectivity index (χ0v) is 9.78. The highest BCUT2D eigenvalue weighted by Crippen LogP contribution is 2.38. The molecule has 0 aliphatic heterocycles. The summed E-state index contributed by atoms with van der Waals surface area (Å²) >= 11 is 3.24. The van der Waals surface area contributed by atoms with Crippen molar-refractivity contribution in [2.24, 2.45) is 18.9 Å². The average molecular weight is 258 g/mol. The summed E-state index contributed by atoms with van der Waals surface area (Å²) in [6.45, 7) is 1.99. The highest BCUT2D eigenvalue weighted by Gasteiger charge is 2.35. The van der Waals surface area contributed by atoms with E-state index in [-0.39, 0.29) is 11.7 Å². The molecule has 1 heterocycles. The fourth-order valence-corrected chi connectivity index (χ4v) is 2.14. The molecule has 0 amide bonds. The Labute approximate surface area is 90.8 Å². The minimum Gasteiger partial charge on any atom is -0.292 e. The molecule has 5 heteroatoms. The quantitative estimate of drug-likeness (QED) is 0.777. The summed E-state index contributed by atoms with van der Waals surface area (Å²) in [4.78, 5) is 12.0. The summed E-state index contributed by atoms with van der Waals surface area (Å²) in [6, 6.07) is 0. The molecule has 1 aromatic heterocycles. The van der Waals surface area contributed by atoms with E-state index in [0.717, 1.165) is 0 Å². The van der Waals surface area contributed by atoms with Gasteiger partial charge in [-0.2, -0.15) is 0 Å². The van der Waals surface area contributed by atoms with Crippen molar-refractivity contribution < 1.29 is 4.79 Å². The van der Waals surface area contributed by atoms with E-state index in [4.69, 9.17) is 0 Å². The van der Waals surface area contributed by atoms with Crippen molar-refractivity contribution in [1.82, 2.24) is 15.0 Å². The topological polar surface area (TPSA) is 47.8 Å². The van der Waals surface area contributed by atoms with Gasteiger partial charge in [0.25, 0.3) is 0 Å². The van der Waals surface area contributed by atoms with Crippen LogP contribution >= 0.6 is 15.9 Å². The van der Waals surface area contributed by atoms with Gasteiger partial charge < -0.3 is 0 Å². The number of aromatic nitrogens is 3. The predicted octanol–water partition coefficient (Wildman–Crippen LogP) is 1.81. The standard InChI is InChI=1S/C9H12BrN3O/c1-5(6-3-4-6)8(14)7-9(10)11-12-13(7)2/h5-6H,3-4H2,1-2H3. The zero-order chi connectivity index (χ0) is 10.3. The second-order valence-corrected chi connectivity index (χ2v) is 4.59. The van der Waals surface area contributed by atoms with Gasteiger partial charge in [-0.15, -0.1) is 5.10 Å². The van der Waals surface area contributed by atoms with E-state index >= 15 is 0 Å². The van der Waals surface area contributed by atoms with Crippen LogP contribution in [0, 0.1) is 11.8 Å². The second-order valence-electron chi connectivity index (χ2n) is 3.84. The Morgan fingerprint density at radius 1 is 1.64 bits per heavy atom. The number of hydrogen-bond acceptors (Lipinski definition) is 3. The van der Waals surface area contributed by atoms with Crippen molar-refractivity contribution in [3.8, 4) is 0 Å². The Hall–Kier alpha value is -0.710. The van der Waals surface area contributed by atoms with Crippen molar-refractivity contribution in [2.75, 3.05) is 0 Å². The second kappa shape index (κ2) is 3.46. The van der Waals surface area contributed by atoms with Crippen LogP contribution in [-0.4, -0.2) is 20.8 Å². The number of Topliss-reactive ketones (excluding diaryl/α,β-unsaturated/α-hetero) is 1. The van der Waals surface area contributed by atoms with Gasteiger partial charge in [-0.3, -0.25) is 4.79 Å². The number of hydrogen-bond donors (Lipinski definition) is 0. The number of carbonyl (C=O) groups is 1. The maximum Gasteiger partial charge on any atom is 0.186 e. The van der Waals surface area contributed by atoms with Crippen molar-refractivity contribution in [3.05, 3.63) is 10.3 Å². The third-order valence-corrected chi connectivity index (χ3v) is 3.30. The SMILES string of the molecule is CC(C(=O)c1c(Br)nnn1C)C1CC1. The van der Waals surface area contributed by atoms with Crippen molar-refractivity contribution in [1.29, 1.82) is 0 Å². The number of halogens is 1. The molecule has 0 aromatic carbocycles. The summed E-state index contributed by atoms with van der Waals surface area (Å²) in [7, 11) is 1.74. The molecule has 1 saturated carbocycles. The lowest BCUT2D eigenvalue weighted by atomic mass is 9.99. The molecule has 0 spiro atoms. The van der Waals surface area contributed by atoms with Crippen LogP contribution in [0.2, 0.25) is 0 Å². The molecular formula is C9H12BrN3O. The third-order valence-electron chi connectivity index (χ3n) is 2.76. The van der Waals surface area contributed by atoms with Crippen molar-refractivity contribution in [2.45, 2.75) is 19.8 Å². The molecule has 76 valence electrons. The first kappa shape index (κ1) is 9.83. The molecule has 4 nitrogen and oxygen atoms in total. The zero-order valence-electron chi connectivity index (χ0n) is 8.20. The molecule has 0 saturated heterocycles. The van der Waals surface area contributed by atoms with E-state index in [1.165, 1.54) is 17.5 Å². The normalized spacial score (nSPS) is 18.2. The van der Waals surface area contributed by atoms with E-state index in [9.17, 15) is 4.79 Å². The summed E-state index contributed by atoms with van der Waals surface area (Å²) in [5.41, 5.74) is 0.587. The monoisotopic (exact) mass is 257 g/mol. The molecule has 1 fully saturated rings. The molecular weight excluding hydrogens is 246 g/mol. The maximum atomic E-state index is 12.0. The molecule has 1 aliphatic rings. The van der Waals surface area contributed by atoms with Gasteiger partial charge in [-0.1, -0.05) is 12.1 Å². The Morgan fingerprint density at radius 2 is 2.29 bits per heavy atom. The van der Waals surface area contributed by atoms with Crippen LogP contribution in [0.15, 0.2) is 4.60 Å². The molecule has 1 aromatic rings. The highest BCUT2D eigenvalue weighted by molar-refractivity contribution is 9.10. The van der Waals surface area contributed by atoms with Gasteiger partial charge in [0.2, 0.25) is 0 Å². The first-order valence-corrected chi connectivity index (χ1v) is 5.50. The summed E-state index contributed by atoms with van der Waals surface area (Å²) < 4.78 is 2.09. The lowest BCUT2D eigenvalue weighted by molar-refractivity contribution is 0.0905. The lowest BCUT2D eigenvalue weighted by Crippen LogP contribution is -2.17. The highest BCUT2D eigenvalue weighted by atomic mass is 79.9. The summed E-state index contributed by atoms with van der Waals surface area (Å²) in [5, 5.41) is 7.61. The van der Waals surface area contributed by atoms with Crippen LogP contribution in [0.1, 0.15) is 30.3 Å². The third kappa shape index (κ3) is 1.61. The molecule has 0 bridgehead atoms. The van der Waals surface area contributed by atoms with Gasteiger partial charge in [0, 0.05) is 13.0 Å². The van der Waals surface area contributed by atoms with Gasteiger partial charge in [-0.05, 0) is 34.7 Å². The Morgan fingerprint density at radius 3 is 2.71 bits per heavy atom. The minimum absolute atomic E-state index is 0.100. The van der Waals surface area contributed by atoms with Crippen LogP contribution in [0.5, 0.6) is 0 Å². The van der Waals surface area contributed by atoms with Crippen molar-refractivity contribution in [3.63, 3.8) is 0 Å². The largest absolute Gasteiger partial charge is 0.292 e. The molecule has 0 N–H and O–H groups in total. The molecule has 1 atom stereocenters. The molecule has 14 heavy (non-hydrogen) atoms. The van der Waals surface area contributed by atoms with Crippen LogP contribution in [0.3, 0.4) is 0 Å². The number of nitrogens with zero attached hydrogens (tertiary/aromatic N) is 3. The van der Waals surface area contributed by atoms with Gasteiger partial charge >= 0.3 is 0 Å². The van der Waals surface area contributed by atoms with E-state index in [1.807, 2.05) is 6.92 Å². The Balaban J connectivity index is 2.25. The number of aryl methyl sites for hydroxylation is 1. The first-order valence-electron chi connectivity index (χ1n) is 4.70. The first-order chi connectivity index (χ1) is 6.61. The van der Waals surface area contributed by atoms with E-state index in [0.29, 0.717) is 16.2 Å². The Kier molecular flexibility index (Phi) is 2.43. The van der Waals surface area contributed by atoms with Gasteiger partial charge in [0.15, 0.2) is 10.4 Å². The van der Waals surface area contributed by atoms with Gasteiger partial charge in [0.1, 0.15) is 5.69 Å². The smallest absolute Gasteiger partial charge is 0.186 e. The molecule has 1 unspecified atom stereocenters. The predicted molar refractivity (Wildman–Crippen MR) is 54.9 cm³/mol. The number of rotatable bonds is 3. The van der Waals surface area contributed by atoms with Crippen LogP contribution in [-0.2, 0) is 7.05 Å². The lowest BCUT2D eigenvalue weighted by Gasteiger charge is -2.08. The molecule has 0 radical (unpaired) electrons. The fourth-order valence-electron chi connectivity index (χ4n) is 1.62.